The average molecular weight is 327 g/mol. The molecule has 0 saturated carbocycles. The van der Waals surface area contributed by atoms with E-state index in [0.717, 1.165) is 44.8 Å². The van der Waals surface area contributed by atoms with Crippen LogP contribution in [-0.2, 0) is 11.3 Å². The van der Waals surface area contributed by atoms with Gasteiger partial charge >= 0.3 is 0 Å². The van der Waals surface area contributed by atoms with Crippen molar-refractivity contribution in [2.45, 2.75) is 37.5 Å². The molecule has 2 saturated heterocycles. The van der Waals surface area contributed by atoms with Crippen molar-refractivity contribution in [1.29, 1.82) is 0 Å². The first-order valence-electron chi connectivity index (χ1n) is 8.73. The quantitative estimate of drug-likeness (QED) is 0.866. The minimum Gasteiger partial charge on any atom is -0.497 e. The van der Waals surface area contributed by atoms with Crippen molar-refractivity contribution >= 4 is 0 Å². The highest BCUT2D eigenvalue weighted by atomic mass is 16.5. The molecule has 4 rings (SSSR count). The molecule has 0 aliphatic carbocycles. The molecule has 24 heavy (non-hydrogen) atoms. The van der Waals surface area contributed by atoms with Gasteiger partial charge < -0.3 is 14.0 Å². The van der Waals surface area contributed by atoms with Gasteiger partial charge in [0.15, 0.2) is 0 Å². The molecule has 1 aromatic heterocycles. The van der Waals surface area contributed by atoms with Crippen LogP contribution in [0.25, 0.3) is 0 Å². The first kappa shape index (κ1) is 15.7. The minimum atomic E-state index is 0.0135. The van der Waals surface area contributed by atoms with E-state index < -0.39 is 0 Å². The van der Waals surface area contributed by atoms with Gasteiger partial charge in [-0.1, -0.05) is 12.1 Å². The molecular formula is C19H25N3O2. The second-order valence-corrected chi connectivity index (χ2v) is 7.02. The van der Waals surface area contributed by atoms with Crippen molar-refractivity contribution in [2.75, 3.05) is 26.8 Å². The van der Waals surface area contributed by atoms with Crippen LogP contribution in [0, 0.1) is 0 Å². The third-order valence-corrected chi connectivity index (χ3v) is 5.32. The maximum absolute atomic E-state index is 6.31. The van der Waals surface area contributed by atoms with E-state index in [2.05, 4.69) is 26.6 Å². The Morgan fingerprint density at radius 1 is 1.33 bits per heavy atom. The first-order chi connectivity index (χ1) is 11.8. The van der Waals surface area contributed by atoms with Gasteiger partial charge in [-0.2, -0.15) is 0 Å². The molecule has 5 heteroatoms. The Bertz CT molecular complexity index is 656. The number of nitrogens with zero attached hydrogens (tertiary/aromatic N) is 3. The Kier molecular flexibility index (Phi) is 4.29. The number of ether oxygens (including phenoxy) is 2. The third kappa shape index (κ3) is 3.19. The van der Waals surface area contributed by atoms with Crippen molar-refractivity contribution in [3.63, 3.8) is 0 Å². The second-order valence-electron chi connectivity index (χ2n) is 7.02. The lowest BCUT2D eigenvalue weighted by molar-refractivity contribution is -0.0534. The largest absolute Gasteiger partial charge is 0.497 e. The van der Waals surface area contributed by atoms with Crippen LogP contribution in [0.2, 0.25) is 0 Å². The van der Waals surface area contributed by atoms with Crippen molar-refractivity contribution < 1.29 is 9.47 Å². The molecule has 5 nitrogen and oxygen atoms in total. The van der Waals surface area contributed by atoms with E-state index in [1.807, 2.05) is 30.9 Å². The minimum absolute atomic E-state index is 0.0135. The van der Waals surface area contributed by atoms with Gasteiger partial charge in [-0.05, 0) is 37.1 Å². The molecule has 0 amide bonds. The van der Waals surface area contributed by atoms with Gasteiger partial charge in [-0.15, -0.1) is 0 Å². The molecule has 1 spiro atoms. The molecule has 3 heterocycles. The number of methoxy groups -OCH3 is 1. The predicted molar refractivity (Wildman–Crippen MR) is 92.1 cm³/mol. The van der Waals surface area contributed by atoms with E-state index in [9.17, 15) is 0 Å². The van der Waals surface area contributed by atoms with Gasteiger partial charge in [0.25, 0.3) is 0 Å². The molecule has 1 aromatic carbocycles. The van der Waals surface area contributed by atoms with Gasteiger partial charge in [0.05, 0.1) is 31.7 Å². The number of hydrogen-bond donors (Lipinski definition) is 0. The summed E-state index contributed by atoms with van der Waals surface area (Å²) in [6, 6.07) is 8.81. The first-order valence-corrected chi connectivity index (χ1v) is 8.73. The van der Waals surface area contributed by atoms with Gasteiger partial charge in [-0.3, -0.25) is 4.90 Å². The summed E-state index contributed by atoms with van der Waals surface area (Å²) in [5, 5.41) is 0. The molecule has 0 N–H and O–H groups in total. The normalized spacial score (nSPS) is 27.6. The Morgan fingerprint density at radius 3 is 2.96 bits per heavy atom. The summed E-state index contributed by atoms with van der Waals surface area (Å²) in [5.41, 5.74) is 1.34. The molecule has 2 fully saturated rings. The highest BCUT2D eigenvalue weighted by molar-refractivity contribution is 5.27. The van der Waals surface area contributed by atoms with E-state index >= 15 is 0 Å². The van der Waals surface area contributed by atoms with Crippen molar-refractivity contribution in [1.82, 2.24) is 14.5 Å². The van der Waals surface area contributed by atoms with E-state index in [1.54, 1.807) is 7.11 Å². The smallest absolute Gasteiger partial charge is 0.118 e. The van der Waals surface area contributed by atoms with Crippen LogP contribution in [0.4, 0.5) is 0 Å². The summed E-state index contributed by atoms with van der Waals surface area (Å²) >= 11 is 0. The number of likely N-dealkylation sites (tertiary alicyclic amines) is 1. The zero-order valence-corrected chi connectivity index (χ0v) is 14.2. The summed E-state index contributed by atoms with van der Waals surface area (Å²) in [6.45, 7) is 3.94. The van der Waals surface area contributed by atoms with Gasteiger partial charge in [-0.25, -0.2) is 4.98 Å². The standard InChI is InChI=1S/C19H25N3O2/c1-23-18-5-3-16(4-6-18)12-21-9-2-7-19(14-21)11-17(13-24-19)22-10-8-20-15-22/h3-6,8,10,15,17H,2,7,9,11-14H2,1H3/t17-,19+/m1/s1. The fourth-order valence-electron chi connectivity index (χ4n) is 4.10. The predicted octanol–water partition coefficient (Wildman–Crippen LogP) is 2.89. The summed E-state index contributed by atoms with van der Waals surface area (Å²) in [4.78, 5) is 6.70. The fourth-order valence-corrected chi connectivity index (χ4v) is 4.10. The monoisotopic (exact) mass is 327 g/mol. The van der Waals surface area contributed by atoms with Crippen LogP contribution in [0.1, 0.15) is 30.9 Å². The lowest BCUT2D eigenvalue weighted by Crippen LogP contribution is -2.47. The van der Waals surface area contributed by atoms with Crippen LogP contribution in [0.15, 0.2) is 43.0 Å². The molecule has 2 aromatic rings. The molecule has 0 unspecified atom stereocenters. The summed E-state index contributed by atoms with van der Waals surface area (Å²) in [6.07, 6.45) is 9.25. The van der Waals surface area contributed by atoms with Crippen LogP contribution >= 0.6 is 0 Å². The topological polar surface area (TPSA) is 39.5 Å². The lowest BCUT2D eigenvalue weighted by atomic mass is 9.88. The number of piperidine rings is 1. The number of aromatic nitrogens is 2. The van der Waals surface area contributed by atoms with E-state index in [4.69, 9.17) is 9.47 Å². The van der Waals surface area contributed by atoms with Crippen LogP contribution in [-0.4, -0.2) is 46.9 Å². The Hall–Kier alpha value is -1.85. The van der Waals surface area contributed by atoms with E-state index in [1.165, 1.54) is 12.0 Å². The Balaban J connectivity index is 1.40. The van der Waals surface area contributed by atoms with Gasteiger partial charge in [0.2, 0.25) is 0 Å². The van der Waals surface area contributed by atoms with Crippen LogP contribution in [0.3, 0.4) is 0 Å². The Labute approximate surface area is 143 Å². The molecule has 0 bridgehead atoms. The highest BCUT2D eigenvalue weighted by Crippen LogP contribution is 2.39. The zero-order valence-electron chi connectivity index (χ0n) is 14.2. The number of imidazole rings is 1. The van der Waals surface area contributed by atoms with Crippen LogP contribution in [0.5, 0.6) is 5.75 Å². The van der Waals surface area contributed by atoms with Crippen molar-refractivity contribution in [3.05, 3.63) is 48.5 Å². The lowest BCUT2D eigenvalue weighted by Gasteiger charge is -2.39. The molecule has 2 aliphatic rings. The maximum atomic E-state index is 6.31. The van der Waals surface area contributed by atoms with Gasteiger partial charge in [0.1, 0.15) is 5.75 Å². The van der Waals surface area contributed by atoms with Crippen molar-refractivity contribution in [3.8, 4) is 5.75 Å². The molecule has 2 aliphatic heterocycles. The molecule has 0 radical (unpaired) electrons. The summed E-state index contributed by atoms with van der Waals surface area (Å²) in [5.74, 6) is 0.913. The fraction of sp³-hybridized carbons (Fsp3) is 0.526. The maximum Gasteiger partial charge on any atom is 0.118 e. The zero-order chi connectivity index (χ0) is 16.4. The molecule has 128 valence electrons. The average Bonchev–Trinajstić information content (AvgIpc) is 3.26. The number of benzene rings is 1. The SMILES string of the molecule is COc1ccc(CN2CCC[C@]3(C[C@@H](n4ccnc4)CO3)C2)cc1. The van der Waals surface area contributed by atoms with E-state index in [-0.39, 0.29) is 5.60 Å². The third-order valence-electron chi connectivity index (χ3n) is 5.32. The molecule has 2 atom stereocenters. The Morgan fingerprint density at radius 2 is 2.21 bits per heavy atom. The summed E-state index contributed by atoms with van der Waals surface area (Å²) < 4.78 is 13.7. The molecular weight excluding hydrogens is 302 g/mol. The van der Waals surface area contributed by atoms with Crippen molar-refractivity contribution in [2.24, 2.45) is 0 Å². The van der Waals surface area contributed by atoms with Crippen LogP contribution < -0.4 is 4.74 Å². The number of rotatable bonds is 4. The van der Waals surface area contributed by atoms with E-state index in [0.29, 0.717) is 6.04 Å². The second kappa shape index (κ2) is 6.57. The summed E-state index contributed by atoms with van der Waals surface area (Å²) in [7, 11) is 1.71. The number of hydrogen-bond acceptors (Lipinski definition) is 4. The highest BCUT2D eigenvalue weighted by Gasteiger charge is 2.43. The van der Waals surface area contributed by atoms with Gasteiger partial charge in [0, 0.05) is 31.9 Å².